The Bertz CT molecular complexity index is 865. The average Bonchev–Trinajstić information content (AvgIpc) is 3.19. The van der Waals surface area contributed by atoms with Gasteiger partial charge in [0.25, 0.3) is 0 Å². The minimum atomic E-state index is -1.41. The monoisotopic (exact) mass is 402 g/mol. The molecule has 0 saturated heterocycles. The summed E-state index contributed by atoms with van der Waals surface area (Å²) in [6.45, 7) is 7.24. The lowest BCUT2D eigenvalue weighted by molar-refractivity contribution is -0.211. The number of ether oxygens (including phenoxy) is 4. The number of hydrogen-bond acceptors (Lipinski definition) is 7. The van der Waals surface area contributed by atoms with Crippen LogP contribution in [0.25, 0.3) is 0 Å². The second-order valence-corrected chi connectivity index (χ2v) is 8.20. The SMILES string of the molecule is C=CC[C@@]12CC(=O)[C@@H](OC(C)=O)[C@@](OC)([C@@H](c3ccc4c(c3)OCO4)[C@@H]1C)[C@H]2O. The van der Waals surface area contributed by atoms with Crippen molar-refractivity contribution in [2.75, 3.05) is 13.9 Å². The third-order valence-corrected chi connectivity index (χ3v) is 6.99. The summed E-state index contributed by atoms with van der Waals surface area (Å²) in [6, 6.07) is 5.56. The molecule has 0 radical (unpaired) electrons. The lowest BCUT2D eigenvalue weighted by Crippen LogP contribution is -2.64. The molecule has 0 spiro atoms. The molecular weight excluding hydrogens is 376 g/mol. The maximum Gasteiger partial charge on any atom is 0.303 e. The highest BCUT2D eigenvalue weighted by Gasteiger charge is 2.74. The molecule has 2 bridgehead atoms. The van der Waals surface area contributed by atoms with Gasteiger partial charge in [0, 0.05) is 31.8 Å². The molecule has 7 heteroatoms. The molecule has 1 N–H and O–H groups in total. The molecule has 4 rings (SSSR count). The van der Waals surface area contributed by atoms with Gasteiger partial charge in [0.2, 0.25) is 6.79 Å². The van der Waals surface area contributed by atoms with Crippen molar-refractivity contribution in [3.8, 4) is 11.5 Å². The molecular formula is C22H26O7. The van der Waals surface area contributed by atoms with Gasteiger partial charge < -0.3 is 24.1 Å². The first kappa shape index (κ1) is 19.9. The first-order valence-corrected chi connectivity index (χ1v) is 9.75. The van der Waals surface area contributed by atoms with Crippen LogP contribution in [0, 0.1) is 11.3 Å². The standard InChI is InChI=1S/C22H26O7/c1-5-8-21-10-15(24)19(29-13(3)23)22(26-4,20(21)25)18(12(21)2)14-6-7-16-17(9-14)28-11-27-16/h5-7,9,12,18-20,25H,1,8,10-11H2,2-4H3/t12-,18+,19+,20-,21+,22-/m0/s1. The number of allylic oxidation sites excluding steroid dienone is 1. The molecule has 2 saturated carbocycles. The third-order valence-electron chi connectivity index (χ3n) is 6.99. The average molecular weight is 402 g/mol. The first-order valence-electron chi connectivity index (χ1n) is 9.75. The summed E-state index contributed by atoms with van der Waals surface area (Å²) in [6.07, 6.45) is 0.0383. The van der Waals surface area contributed by atoms with Crippen molar-refractivity contribution in [1.82, 2.24) is 0 Å². The minimum Gasteiger partial charge on any atom is -0.454 e. The highest BCUT2D eigenvalue weighted by molar-refractivity contribution is 5.89. The number of Topliss-reactive ketones (excluding diaryl/α,β-unsaturated/α-hetero) is 1. The van der Waals surface area contributed by atoms with Gasteiger partial charge in [-0.25, -0.2) is 0 Å². The van der Waals surface area contributed by atoms with Gasteiger partial charge in [-0.05, 0) is 30.0 Å². The third kappa shape index (κ3) is 2.57. The Morgan fingerprint density at radius 1 is 1.38 bits per heavy atom. The van der Waals surface area contributed by atoms with Crippen LogP contribution in [0.4, 0.5) is 0 Å². The number of aliphatic hydroxyl groups is 1. The van der Waals surface area contributed by atoms with E-state index in [2.05, 4.69) is 6.58 Å². The van der Waals surface area contributed by atoms with E-state index in [9.17, 15) is 14.7 Å². The second-order valence-electron chi connectivity index (χ2n) is 8.20. The maximum absolute atomic E-state index is 13.1. The van der Waals surface area contributed by atoms with Crippen molar-refractivity contribution in [2.24, 2.45) is 11.3 Å². The number of ketones is 1. The number of fused-ring (bicyclic) bond motifs is 3. The van der Waals surface area contributed by atoms with Crippen molar-refractivity contribution in [1.29, 1.82) is 0 Å². The Morgan fingerprint density at radius 2 is 2.10 bits per heavy atom. The van der Waals surface area contributed by atoms with Crippen LogP contribution >= 0.6 is 0 Å². The summed E-state index contributed by atoms with van der Waals surface area (Å²) >= 11 is 0. The number of carbonyl (C=O) groups is 2. The summed E-state index contributed by atoms with van der Waals surface area (Å²) in [5, 5.41) is 11.6. The molecule has 7 nitrogen and oxygen atoms in total. The van der Waals surface area contributed by atoms with E-state index < -0.39 is 35.1 Å². The van der Waals surface area contributed by atoms with Gasteiger partial charge in [0.15, 0.2) is 23.4 Å². The van der Waals surface area contributed by atoms with E-state index in [4.69, 9.17) is 18.9 Å². The van der Waals surface area contributed by atoms with Crippen LogP contribution in [0.3, 0.4) is 0 Å². The molecule has 3 aliphatic rings. The van der Waals surface area contributed by atoms with Crippen LogP contribution in [0.2, 0.25) is 0 Å². The van der Waals surface area contributed by atoms with E-state index >= 15 is 0 Å². The van der Waals surface area contributed by atoms with Gasteiger partial charge in [0.05, 0.1) is 6.10 Å². The van der Waals surface area contributed by atoms with Gasteiger partial charge in [-0.1, -0.05) is 19.1 Å². The van der Waals surface area contributed by atoms with Crippen molar-refractivity contribution in [3.63, 3.8) is 0 Å². The van der Waals surface area contributed by atoms with Crippen molar-refractivity contribution < 1.29 is 33.6 Å². The largest absolute Gasteiger partial charge is 0.454 e. The molecule has 2 fully saturated rings. The molecule has 1 aromatic rings. The van der Waals surface area contributed by atoms with Gasteiger partial charge in [-0.15, -0.1) is 6.58 Å². The minimum absolute atomic E-state index is 0.0888. The zero-order chi connectivity index (χ0) is 21.0. The summed E-state index contributed by atoms with van der Waals surface area (Å²) in [5.74, 6) is -0.155. The Morgan fingerprint density at radius 3 is 2.76 bits per heavy atom. The number of methoxy groups -OCH3 is 1. The van der Waals surface area contributed by atoms with Gasteiger partial charge in [-0.2, -0.15) is 0 Å². The maximum atomic E-state index is 13.1. The zero-order valence-corrected chi connectivity index (χ0v) is 16.8. The molecule has 1 heterocycles. The van der Waals surface area contributed by atoms with Gasteiger partial charge in [0.1, 0.15) is 5.60 Å². The van der Waals surface area contributed by atoms with Crippen LogP contribution in [0.5, 0.6) is 11.5 Å². The van der Waals surface area contributed by atoms with Crippen LogP contribution < -0.4 is 9.47 Å². The number of rotatable bonds is 5. The lowest BCUT2D eigenvalue weighted by Gasteiger charge is -2.47. The smallest absolute Gasteiger partial charge is 0.303 e. The van der Waals surface area contributed by atoms with Crippen LogP contribution in [0.15, 0.2) is 30.9 Å². The summed E-state index contributed by atoms with van der Waals surface area (Å²) in [7, 11) is 1.45. The number of benzene rings is 1. The highest BCUT2D eigenvalue weighted by Crippen LogP contribution is 2.66. The topological polar surface area (TPSA) is 91.3 Å². The summed E-state index contributed by atoms with van der Waals surface area (Å²) in [4.78, 5) is 25.0. The number of esters is 1. The molecule has 29 heavy (non-hydrogen) atoms. The Labute approximate surface area is 169 Å². The predicted octanol–water partition coefficient (Wildman–Crippen LogP) is 2.36. The van der Waals surface area contributed by atoms with E-state index in [0.29, 0.717) is 17.9 Å². The fourth-order valence-electron chi connectivity index (χ4n) is 5.79. The first-order chi connectivity index (χ1) is 13.8. The van der Waals surface area contributed by atoms with E-state index in [1.807, 2.05) is 25.1 Å². The van der Waals surface area contributed by atoms with Gasteiger partial charge in [-0.3, -0.25) is 9.59 Å². The number of carbonyl (C=O) groups excluding carboxylic acids is 2. The quantitative estimate of drug-likeness (QED) is 0.597. The molecule has 1 aromatic carbocycles. The lowest BCUT2D eigenvalue weighted by atomic mass is 9.65. The Hall–Kier alpha value is -2.38. The van der Waals surface area contributed by atoms with E-state index in [0.717, 1.165) is 5.56 Å². The number of hydrogen-bond donors (Lipinski definition) is 1. The van der Waals surface area contributed by atoms with Crippen molar-refractivity contribution >= 4 is 11.8 Å². The molecule has 1 aliphatic heterocycles. The molecule has 6 atom stereocenters. The van der Waals surface area contributed by atoms with E-state index in [1.54, 1.807) is 6.08 Å². The Kier molecular flexibility index (Phi) is 4.70. The molecule has 0 unspecified atom stereocenters. The second kappa shape index (κ2) is 6.85. The van der Waals surface area contributed by atoms with Crippen molar-refractivity contribution in [2.45, 2.75) is 50.4 Å². The number of aliphatic hydroxyl groups excluding tert-OH is 1. The van der Waals surface area contributed by atoms with Gasteiger partial charge >= 0.3 is 5.97 Å². The zero-order valence-electron chi connectivity index (χ0n) is 16.8. The van der Waals surface area contributed by atoms with Crippen LogP contribution in [-0.2, 0) is 19.1 Å². The fraction of sp³-hybridized carbons (Fsp3) is 0.545. The van der Waals surface area contributed by atoms with Crippen LogP contribution in [-0.4, -0.2) is 48.6 Å². The summed E-state index contributed by atoms with van der Waals surface area (Å²) in [5.41, 5.74) is -1.33. The molecule has 0 aromatic heterocycles. The molecule has 0 amide bonds. The fourth-order valence-corrected chi connectivity index (χ4v) is 5.79. The predicted molar refractivity (Wildman–Crippen MR) is 103 cm³/mol. The van der Waals surface area contributed by atoms with E-state index in [-0.39, 0.29) is 24.9 Å². The Balaban J connectivity index is 1.91. The normalized spacial score (nSPS) is 37.4. The van der Waals surface area contributed by atoms with E-state index in [1.165, 1.54) is 14.0 Å². The van der Waals surface area contributed by atoms with Crippen molar-refractivity contribution in [3.05, 3.63) is 36.4 Å². The molecule has 2 aliphatic carbocycles. The molecule has 156 valence electrons. The summed E-state index contributed by atoms with van der Waals surface area (Å²) < 4.78 is 22.3. The van der Waals surface area contributed by atoms with Crippen LogP contribution in [0.1, 0.15) is 38.2 Å². The highest BCUT2D eigenvalue weighted by atomic mass is 16.7.